The van der Waals surface area contributed by atoms with E-state index in [1.165, 1.54) is 0 Å². The Morgan fingerprint density at radius 3 is 2.05 bits per heavy atom. The average Bonchev–Trinajstić information content (AvgIpc) is 3.80. The number of aromatic nitrogens is 8. The van der Waals surface area contributed by atoms with E-state index >= 15 is 0 Å². The first kappa shape index (κ1) is 38.8. The molecular weight excluding hydrogens is 758 g/mol. The summed E-state index contributed by atoms with van der Waals surface area (Å²) in [5, 5.41) is 9.33. The van der Waals surface area contributed by atoms with Crippen LogP contribution in [0.3, 0.4) is 0 Å². The molecule has 2 aliphatic rings. The minimum absolute atomic E-state index is 0.0637. The Morgan fingerprint density at radius 1 is 0.839 bits per heavy atom. The molecule has 0 saturated carbocycles. The lowest BCUT2D eigenvalue weighted by Crippen LogP contribution is -2.45. The fourth-order valence-corrected chi connectivity index (χ4v) is 7.39. The second kappa shape index (κ2) is 17.2. The van der Waals surface area contributed by atoms with Crippen LogP contribution in [0.5, 0.6) is 0 Å². The molecule has 0 aliphatic carbocycles. The normalized spacial score (nSPS) is 17.2. The van der Waals surface area contributed by atoms with Crippen molar-refractivity contribution in [1.29, 1.82) is 0 Å². The summed E-state index contributed by atoms with van der Waals surface area (Å²) in [4.78, 5) is 60.0. The van der Waals surface area contributed by atoms with Gasteiger partial charge in [-0.05, 0) is 49.8 Å². The molecule has 6 aromatic heterocycles. The number of fused-ring (bicyclic) bond motifs is 2. The minimum Gasteiger partial charge on any atom is -0.365 e. The van der Waals surface area contributed by atoms with Crippen LogP contribution in [0.15, 0.2) is 55.4 Å². The molecule has 2 aliphatic heterocycles. The number of pyridine rings is 2. The maximum absolute atomic E-state index is 14.5. The quantitative estimate of drug-likeness (QED) is 0.122. The summed E-state index contributed by atoms with van der Waals surface area (Å²) in [6.45, 7) is 8.47. The number of carbonyl (C=O) groups excluding carboxylic acids is 2. The minimum atomic E-state index is -0.527. The number of H-pyrrole nitrogens is 2. The van der Waals surface area contributed by atoms with Crippen LogP contribution in [-0.4, -0.2) is 99.7 Å². The van der Waals surface area contributed by atoms with Gasteiger partial charge >= 0.3 is 0 Å². The molecule has 14 nitrogen and oxygen atoms in total. The summed E-state index contributed by atoms with van der Waals surface area (Å²) in [6.07, 6.45) is 13.9. The first-order valence-corrected chi connectivity index (χ1v) is 19.4. The molecule has 6 aromatic rings. The number of hydrogen-bond acceptors (Lipinski definition) is 10. The van der Waals surface area contributed by atoms with E-state index in [0.29, 0.717) is 58.3 Å². The molecule has 8 rings (SSSR count). The smallest absolute Gasteiger partial charge is 0.222 e. The Labute approximate surface area is 333 Å². The zero-order valence-corrected chi connectivity index (χ0v) is 32.8. The summed E-state index contributed by atoms with van der Waals surface area (Å²) in [6, 6.07) is 5.59. The molecular formula is C39H43Cl2FN12O2. The van der Waals surface area contributed by atoms with Crippen LogP contribution in [0, 0.1) is 11.7 Å². The van der Waals surface area contributed by atoms with Crippen LogP contribution in [0.25, 0.3) is 44.8 Å². The second-order valence-electron chi connectivity index (χ2n) is 14.5. The maximum Gasteiger partial charge on any atom is 0.222 e. The van der Waals surface area contributed by atoms with E-state index in [-0.39, 0.29) is 29.7 Å². The SMILES string of the molecule is CC(=O)N1CCCC(Nc2ccnc(-c3c[nH]c4ncc(Cl)cc34)n2)C1.CC(C)CC(=O)N1CCCC(Nc2nc(-c3c[nH]c4ncc(Cl)cc34)ncc2F)C1. The lowest BCUT2D eigenvalue weighted by atomic mass is 10.0. The van der Waals surface area contributed by atoms with Gasteiger partial charge in [-0.15, -0.1) is 0 Å². The predicted molar refractivity (Wildman–Crippen MR) is 216 cm³/mol. The molecule has 0 aromatic carbocycles. The standard InChI is InChI=1S/C21H24ClFN6O.C18H19ClN6O/c1-12(2)6-18(30)29-5-3-4-14(11-29)27-21-17(23)10-26-20(28-21)16-9-25-19-15(16)7-13(22)8-24-19;1-11(26)25-6-2-3-13(10-25)23-16-4-5-20-18(24-16)15-9-22-17-14(15)7-12(19)8-21-17/h7-10,12,14H,3-6,11H2,1-2H3,(H,24,25)(H,26,27,28);4-5,7-9,13H,2-3,6,10H2,1H3,(H,21,22)(H,20,23,24). The average molecular weight is 802 g/mol. The van der Waals surface area contributed by atoms with E-state index in [1.807, 2.05) is 42.0 Å². The van der Waals surface area contributed by atoms with Crippen molar-refractivity contribution >= 4 is 68.7 Å². The molecule has 17 heteroatoms. The predicted octanol–water partition coefficient (Wildman–Crippen LogP) is 7.36. The van der Waals surface area contributed by atoms with Gasteiger partial charge in [-0.1, -0.05) is 37.0 Å². The van der Waals surface area contributed by atoms with Gasteiger partial charge < -0.3 is 30.4 Å². The van der Waals surface area contributed by atoms with Crippen LogP contribution in [0.2, 0.25) is 10.0 Å². The van der Waals surface area contributed by atoms with Crippen molar-refractivity contribution in [2.45, 2.75) is 65.0 Å². The topological polar surface area (TPSA) is 174 Å². The first-order chi connectivity index (χ1) is 27.0. The molecule has 2 unspecified atom stereocenters. The number of likely N-dealkylation sites (tertiary alicyclic amines) is 2. The second-order valence-corrected chi connectivity index (χ2v) is 15.4. The monoisotopic (exact) mass is 800 g/mol. The van der Waals surface area contributed by atoms with E-state index in [9.17, 15) is 14.0 Å². The molecule has 2 fully saturated rings. The third kappa shape index (κ3) is 9.16. The largest absolute Gasteiger partial charge is 0.365 e. The summed E-state index contributed by atoms with van der Waals surface area (Å²) in [5.74, 6) is 1.89. The highest BCUT2D eigenvalue weighted by Crippen LogP contribution is 2.30. The molecule has 2 amide bonds. The van der Waals surface area contributed by atoms with Crippen molar-refractivity contribution in [3.63, 3.8) is 0 Å². The number of nitrogens with zero attached hydrogens (tertiary/aromatic N) is 8. The lowest BCUT2D eigenvalue weighted by Gasteiger charge is -2.34. The Morgan fingerprint density at radius 2 is 1.43 bits per heavy atom. The first-order valence-electron chi connectivity index (χ1n) is 18.7. The highest BCUT2D eigenvalue weighted by Gasteiger charge is 2.26. The molecule has 56 heavy (non-hydrogen) atoms. The van der Waals surface area contributed by atoms with Crippen molar-refractivity contribution < 1.29 is 14.0 Å². The number of piperidine rings is 2. The van der Waals surface area contributed by atoms with Gasteiger partial charge in [-0.25, -0.2) is 34.3 Å². The van der Waals surface area contributed by atoms with Crippen LogP contribution < -0.4 is 10.6 Å². The van der Waals surface area contributed by atoms with Gasteiger partial charge in [0.05, 0.1) is 16.2 Å². The Balaban J connectivity index is 0.000000173. The fraction of sp³-hybridized carbons (Fsp3) is 0.385. The van der Waals surface area contributed by atoms with Gasteiger partial charge in [0.1, 0.15) is 17.1 Å². The number of nitrogens with one attached hydrogen (secondary N) is 4. The van der Waals surface area contributed by atoms with Gasteiger partial charge in [0, 0.05) is 104 Å². The highest BCUT2D eigenvalue weighted by molar-refractivity contribution is 6.31. The van der Waals surface area contributed by atoms with Crippen molar-refractivity contribution in [3.8, 4) is 22.8 Å². The number of halogens is 3. The third-order valence-corrected chi connectivity index (χ3v) is 10.2. The van der Waals surface area contributed by atoms with Crippen LogP contribution in [-0.2, 0) is 9.59 Å². The van der Waals surface area contributed by atoms with Gasteiger partial charge in [-0.2, -0.15) is 0 Å². The van der Waals surface area contributed by atoms with Crippen molar-refractivity contribution in [3.05, 3.63) is 71.2 Å². The third-order valence-electron chi connectivity index (χ3n) is 9.79. The van der Waals surface area contributed by atoms with Gasteiger partial charge in [-0.3, -0.25) is 9.59 Å². The molecule has 0 bridgehead atoms. The molecule has 8 heterocycles. The summed E-state index contributed by atoms with van der Waals surface area (Å²) in [5.41, 5.74) is 2.95. The van der Waals surface area contributed by atoms with E-state index in [0.717, 1.165) is 72.8 Å². The Hall–Kier alpha value is -5.41. The van der Waals surface area contributed by atoms with Gasteiger partial charge in [0.25, 0.3) is 0 Å². The molecule has 2 atom stereocenters. The number of amides is 2. The molecule has 0 radical (unpaired) electrons. The van der Waals surface area contributed by atoms with Crippen LogP contribution >= 0.6 is 23.2 Å². The van der Waals surface area contributed by atoms with E-state index in [1.54, 1.807) is 37.8 Å². The summed E-state index contributed by atoms with van der Waals surface area (Å²) >= 11 is 12.1. The van der Waals surface area contributed by atoms with Crippen molar-refractivity contribution in [2.75, 3.05) is 36.8 Å². The van der Waals surface area contributed by atoms with E-state index in [2.05, 4.69) is 50.5 Å². The Bertz CT molecular complexity index is 2350. The number of aromatic amines is 2. The molecule has 2 saturated heterocycles. The molecule has 4 N–H and O–H groups in total. The molecule has 0 spiro atoms. The zero-order chi connectivity index (χ0) is 39.3. The zero-order valence-electron chi connectivity index (χ0n) is 31.3. The van der Waals surface area contributed by atoms with Gasteiger partial charge in [0.15, 0.2) is 23.3 Å². The maximum atomic E-state index is 14.5. The number of hydrogen-bond donors (Lipinski definition) is 4. The van der Waals surface area contributed by atoms with Gasteiger partial charge in [0.2, 0.25) is 11.8 Å². The summed E-state index contributed by atoms with van der Waals surface area (Å²) in [7, 11) is 0. The highest BCUT2D eigenvalue weighted by atomic mass is 35.5. The van der Waals surface area contributed by atoms with Crippen LogP contribution in [0.4, 0.5) is 16.0 Å². The number of carbonyl (C=O) groups is 2. The lowest BCUT2D eigenvalue weighted by molar-refractivity contribution is -0.133. The Kier molecular flexibility index (Phi) is 11.9. The van der Waals surface area contributed by atoms with Crippen molar-refractivity contribution in [2.24, 2.45) is 5.92 Å². The van der Waals surface area contributed by atoms with E-state index < -0.39 is 5.82 Å². The number of rotatable bonds is 8. The van der Waals surface area contributed by atoms with E-state index in [4.69, 9.17) is 23.2 Å². The fourth-order valence-electron chi connectivity index (χ4n) is 7.08. The summed E-state index contributed by atoms with van der Waals surface area (Å²) < 4.78 is 14.5. The van der Waals surface area contributed by atoms with Crippen LogP contribution in [0.1, 0.15) is 52.9 Å². The molecule has 292 valence electrons. The number of anilines is 2. The van der Waals surface area contributed by atoms with Crippen molar-refractivity contribution in [1.82, 2.24) is 49.7 Å².